The smallest absolute Gasteiger partial charge is 0.248 e. The van der Waals surface area contributed by atoms with Gasteiger partial charge < -0.3 is 25.3 Å². The van der Waals surface area contributed by atoms with E-state index in [9.17, 15) is 4.79 Å². The lowest BCUT2D eigenvalue weighted by Gasteiger charge is -2.19. The number of hydrogen-bond donors (Lipinski definition) is 2. The summed E-state index contributed by atoms with van der Waals surface area (Å²) in [6.07, 6.45) is 0. The number of rotatable bonds is 8. The quantitative estimate of drug-likeness (QED) is 0.769. The number of methoxy groups -OCH3 is 3. The fourth-order valence-electron chi connectivity index (χ4n) is 2.57. The minimum atomic E-state index is -0.431. The summed E-state index contributed by atoms with van der Waals surface area (Å²) in [6.45, 7) is 2.64. The number of carbonyl (C=O) groups is 1. The van der Waals surface area contributed by atoms with E-state index >= 15 is 0 Å². The van der Waals surface area contributed by atoms with Gasteiger partial charge in [-0.25, -0.2) is 0 Å². The molecular weight excluding hydrogens is 320 g/mol. The molecule has 2 aromatic rings. The second-order valence-electron chi connectivity index (χ2n) is 5.63. The molecule has 1 atom stereocenters. The molecule has 25 heavy (non-hydrogen) atoms. The molecule has 0 bridgehead atoms. The van der Waals surface area contributed by atoms with Crippen molar-refractivity contribution in [2.75, 3.05) is 21.3 Å². The second kappa shape index (κ2) is 8.39. The molecule has 0 saturated carbocycles. The average molecular weight is 344 g/mol. The monoisotopic (exact) mass is 344 g/mol. The van der Waals surface area contributed by atoms with Crippen molar-refractivity contribution in [3.63, 3.8) is 0 Å². The van der Waals surface area contributed by atoms with Crippen molar-refractivity contribution >= 4 is 5.91 Å². The Hall–Kier alpha value is -2.73. The Bertz CT molecular complexity index is 721. The Morgan fingerprint density at radius 3 is 2.24 bits per heavy atom. The summed E-state index contributed by atoms with van der Waals surface area (Å²) >= 11 is 0. The molecule has 6 heteroatoms. The van der Waals surface area contributed by atoms with E-state index in [1.165, 1.54) is 0 Å². The molecule has 0 aliphatic heterocycles. The molecule has 1 amide bonds. The van der Waals surface area contributed by atoms with E-state index in [2.05, 4.69) is 5.32 Å². The summed E-state index contributed by atoms with van der Waals surface area (Å²) in [5, 5.41) is 3.42. The Labute approximate surface area is 147 Å². The lowest BCUT2D eigenvalue weighted by molar-refractivity contribution is 0.1000. The van der Waals surface area contributed by atoms with Gasteiger partial charge in [-0.3, -0.25) is 4.79 Å². The van der Waals surface area contributed by atoms with E-state index in [0.29, 0.717) is 29.4 Å². The molecule has 2 rings (SSSR count). The predicted octanol–water partition coefficient (Wildman–Crippen LogP) is 2.66. The van der Waals surface area contributed by atoms with Crippen molar-refractivity contribution < 1.29 is 19.0 Å². The van der Waals surface area contributed by atoms with Crippen LogP contribution in [0.3, 0.4) is 0 Å². The number of ether oxygens (including phenoxy) is 3. The third-order valence-corrected chi connectivity index (χ3v) is 4.01. The Morgan fingerprint density at radius 1 is 1.08 bits per heavy atom. The van der Waals surface area contributed by atoms with Crippen molar-refractivity contribution in [2.45, 2.75) is 19.5 Å². The Balaban J connectivity index is 2.16. The van der Waals surface area contributed by atoms with Crippen molar-refractivity contribution in [2.24, 2.45) is 5.73 Å². The maximum atomic E-state index is 11.3. The summed E-state index contributed by atoms with van der Waals surface area (Å²) in [7, 11) is 4.76. The van der Waals surface area contributed by atoms with Gasteiger partial charge >= 0.3 is 0 Å². The molecule has 3 N–H and O–H groups in total. The zero-order valence-corrected chi connectivity index (χ0v) is 15.0. The van der Waals surface area contributed by atoms with Gasteiger partial charge in [-0.1, -0.05) is 12.1 Å². The van der Waals surface area contributed by atoms with Gasteiger partial charge in [-0.2, -0.15) is 0 Å². The van der Waals surface area contributed by atoms with E-state index in [0.717, 1.165) is 11.1 Å². The molecule has 0 radical (unpaired) electrons. The molecule has 0 aromatic heterocycles. The highest BCUT2D eigenvalue weighted by molar-refractivity contribution is 5.92. The highest BCUT2D eigenvalue weighted by atomic mass is 16.5. The van der Waals surface area contributed by atoms with Crippen LogP contribution in [0.5, 0.6) is 17.2 Å². The van der Waals surface area contributed by atoms with Gasteiger partial charge in [0, 0.05) is 18.2 Å². The number of benzene rings is 2. The second-order valence-corrected chi connectivity index (χ2v) is 5.63. The molecule has 0 aliphatic carbocycles. The van der Waals surface area contributed by atoms with E-state index in [1.54, 1.807) is 33.5 Å². The summed E-state index contributed by atoms with van der Waals surface area (Å²) in [5.41, 5.74) is 7.80. The molecule has 0 fully saturated rings. The lowest BCUT2D eigenvalue weighted by atomic mass is 10.1. The summed E-state index contributed by atoms with van der Waals surface area (Å²) < 4.78 is 16.1. The predicted molar refractivity (Wildman–Crippen MR) is 96.3 cm³/mol. The van der Waals surface area contributed by atoms with E-state index < -0.39 is 5.91 Å². The van der Waals surface area contributed by atoms with Crippen LogP contribution in [0.15, 0.2) is 36.4 Å². The van der Waals surface area contributed by atoms with Gasteiger partial charge in [0.15, 0.2) is 11.5 Å². The van der Waals surface area contributed by atoms with Crippen LogP contribution in [0.25, 0.3) is 0 Å². The van der Waals surface area contributed by atoms with Crippen LogP contribution < -0.4 is 25.3 Å². The van der Waals surface area contributed by atoms with Crippen molar-refractivity contribution in [3.05, 3.63) is 53.1 Å². The van der Waals surface area contributed by atoms with E-state index in [4.69, 9.17) is 19.9 Å². The molecule has 2 aromatic carbocycles. The first-order chi connectivity index (χ1) is 12.0. The summed E-state index contributed by atoms with van der Waals surface area (Å²) in [4.78, 5) is 11.3. The molecule has 1 unspecified atom stereocenters. The third-order valence-electron chi connectivity index (χ3n) is 4.01. The number of carbonyl (C=O) groups excluding carboxylic acids is 1. The van der Waals surface area contributed by atoms with Crippen LogP contribution in [-0.2, 0) is 6.54 Å². The fraction of sp³-hybridized carbons (Fsp3) is 0.316. The van der Waals surface area contributed by atoms with E-state index in [-0.39, 0.29) is 6.04 Å². The maximum absolute atomic E-state index is 11.3. The molecule has 0 aliphatic rings. The average Bonchev–Trinajstić information content (AvgIpc) is 2.64. The first kappa shape index (κ1) is 18.6. The van der Waals surface area contributed by atoms with Gasteiger partial charge in [-0.15, -0.1) is 0 Å². The molecule has 0 saturated heterocycles. The minimum absolute atomic E-state index is 0.0333. The van der Waals surface area contributed by atoms with Crippen molar-refractivity contribution in [1.82, 2.24) is 5.32 Å². The largest absolute Gasteiger partial charge is 0.493 e. The number of nitrogens with two attached hydrogens (primary N) is 1. The maximum Gasteiger partial charge on any atom is 0.248 e. The van der Waals surface area contributed by atoms with Crippen LogP contribution in [-0.4, -0.2) is 27.2 Å². The molecule has 0 spiro atoms. The number of primary amides is 1. The van der Waals surface area contributed by atoms with Crippen LogP contribution in [0.1, 0.15) is 34.5 Å². The zero-order valence-electron chi connectivity index (χ0n) is 15.0. The molecular formula is C19H24N2O4. The van der Waals surface area contributed by atoms with Gasteiger partial charge in [-0.05, 0) is 42.3 Å². The van der Waals surface area contributed by atoms with Gasteiger partial charge in [0.05, 0.1) is 21.3 Å². The number of hydrogen-bond acceptors (Lipinski definition) is 5. The van der Waals surface area contributed by atoms with Crippen LogP contribution in [0, 0.1) is 0 Å². The van der Waals surface area contributed by atoms with Crippen molar-refractivity contribution in [1.29, 1.82) is 0 Å². The number of amides is 1. The first-order valence-corrected chi connectivity index (χ1v) is 7.92. The molecule has 134 valence electrons. The zero-order chi connectivity index (χ0) is 18.4. The minimum Gasteiger partial charge on any atom is -0.493 e. The highest BCUT2D eigenvalue weighted by Crippen LogP contribution is 2.39. The molecule has 0 heterocycles. The first-order valence-electron chi connectivity index (χ1n) is 7.92. The van der Waals surface area contributed by atoms with E-state index in [1.807, 2.05) is 31.2 Å². The lowest BCUT2D eigenvalue weighted by Crippen LogP contribution is -2.19. The summed E-state index contributed by atoms with van der Waals surface area (Å²) in [5.74, 6) is 1.36. The Kier molecular flexibility index (Phi) is 6.25. The van der Waals surface area contributed by atoms with Crippen molar-refractivity contribution in [3.8, 4) is 17.2 Å². The Morgan fingerprint density at radius 2 is 1.72 bits per heavy atom. The third kappa shape index (κ3) is 4.42. The highest BCUT2D eigenvalue weighted by Gasteiger charge is 2.16. The fourth-order valence-corrected chi connectivity index (χ4v) is 2.57. The van der Waals surface area contributed by atoms with Crippen LogP contribution in [0.4, 0.5) is 0 Å². The topological polar surface area (TPSA) is 82.8 Å². The van der Waals surface area contributed by atoms with Gasteiger partial charge in [0.1, 0.15) is 0 Å². The van der Waals surface area contributed by atoms with Crippen LogP contribution >= 0.6 is 0 Å². The standard InChI is InChI=1S/C19H24N2O4/c1-12(21-11-13-6-5-7-14(8-13)19(20)22)15-9-16(23-2)18(25-4)17(10-15)24-3/h5-10,12,21H,11H2,1-4H3,(H2,20,22). The normalized spacial score (nSPS) is 11.7. The SMILES string of the molecule is COc1cc(C(C)NCc2cccc(C(N)=O)c2)cc(OC)c1OC. The van der Waals surface area contributed by atoms with Crippen LogP contribution in [0.2, 0.25) is 0 Å². The number of nitrogens with one attached hydrogen (secondary N) is 1. The summed E-state index contributed by atoms with van der Waals surface area (Å²) in [6, 6.07) is 11.1. The molecule has 6 nitrogen and oxygen atoms in total. The van der Waals surface area contributed by atoms with Gasteiger partial charge in [0.25, 0.3) is 0 Å². The van der Waals surface area contributed by atoms with Gasteiger partial charge in [0.2, 0.25) is 11.7 Å².